The zero-order valence-corrected chi connectivity index (χ0v) is 18.7. The van der Waals surface area contributed by atoms with Crippen LogP contribution in [0.15, 0.2) is 14.9 Å². The fraction of sp³-hybridized carbons (Fsp3) is 0.625. The van der Waals surface area contributed by atoms with E-state index in [0.29, 0.717) is 36.7 Å². The highest BCUT2D eigenvalue weighted by Gasteiger charge is 2.21. The van der Waals surface area contributed by atoms with Crippen molar-refractivity contribution in [3.8, 4) is 0 Å². The molecule has 140 valence electrons. The van der Waals surface area contributed by atoms with Crippen molar-refractivity contribution in [2.75, 3.05) is 7.05 Å². The van der Waals surface area contributed by atoms with Gasteiger partial charge in [0.05, 0.1) is 18.8 Å². The lowest BCUT2D eigenvalue weighted by molar-refractivity contribution is 0.318. The highest BCUT2D eigenvalue weighted by molar-refractivity contribution is 14.0. The highest BCUT2D eigenvalue weighted by Crippen LogP contribution is 2.19. The monoisotopic (exact) mass is 478 g/mol. The normalized spacial score (nSPS) is 12.2. The maximum absolute atomic E-state index is 5.28. The Balaban J connectivity index is 0.00000312. The first-order valence-corrected chi connectivity index (χ1v) is 8.89. The fourth-order valence-corrected chi connectivity index (χ4v) is 2.74. The van der Waals surface area contributed by atoms with Crippen molar-refractivity contribution < 1.29 is 4.52 Å². The molecule has 9 heteroatoms. The van der Waals surface area contributed by atoms with Gasteiger partial charge >= 0.3 is 0 Å². The molecule has 2 rings (SSSR count). The average molecular weight is 478 g/mol. The molecule has 0 aliphatic carbocycles. The molecule has 0 radical (unpaired) electrons. The summed E-state index contributed by atoms with van der Waals surface area (Å²) >= 11 is 1.65. The van der Waals surface area contributed by atoms with Gasteiger partial charge < -0.3 is 15.2 Å². The number of halogens is 1. The van der Waals surface area contributed by atoms with Gasteiger partial charge in [-0.3, -0.25) is 4.99 Å². The summed E-state index contributed by atoms with van der Waals surface area (Å²) in [5.41, 5.74) is 0.977. The van der Waals surface area contributed by atoms with E-state index in [-0.39, 0.29) is 29.4 Å². The molecule has 0 fully saturated rings. The molecule has 0 bridgehead atoms. The first-order valence-electron chi connectivity index (χ1n) is 8.01. The third-order valence-electron chi connectivity index (χ3n) is 3.32. The van der Waals surface area contributed by atoms with Crippen LogP contribution in [0.3, 0.4) is 0 Å². The summed E-state index contributed by atoms with van der Waals surface area (Å²) in [6.45, 7) is 11.5. The van der Waals surface area contributed by atoms with Gasteiger partial charge in [0, 0.05) is 17.8 Å². The van der Waals surface area contributed by atoms with E-state index < -0.39 is 0 Å². The summed E-state index contributed by atoms with van der Waals surface area (Å²) in [4.78, 5) is 13.2. The van der Waals surface area contributed by atoms with Crippen molar-refractivity contribution in [1.29, 1.82) is 0 Å². The van der Waals surface area contributed by atoms with Crippen LogP contribution >= 0.6 is 35.3 Å². The first kappa shape index (κ1) is 21.8. The van der Waals surface area contributed by atoms with Crippen molar-refractivity contribution in [3.63, 3.8) is 0 Å². The maximum Gasteiger partial charge on any atom is 0.232 e. The molecule has 0 amide bonds. The first-order chi connectivity index (χ1) is 11.3. The number of guanidine groups is 1. The molecule has 0 spiro atoms. The SMILES string of the molecule is CN=C(NCc1noc(C(C)(C)C)n1)NCc1nc(C(C)C)cs1.I. The number of nitrogens with one attached hydrogen (secondary N) is 2. The highest BCUT2D eigenvalue weighted by atomic mass is 127. The molecule has 2 heterocycles. The number of thiazole rings is 1. The van der Waals surface area contributed by atoms with Crippen LogP contribution in [0.2, 0.25) is 0 Å². The molecule has 0 aromatic carbocycles. The third kappa shape index (κ3) is 6.53. The van der Waals surface area contributed by atoms with Crippen molar-refractivity contribution in [2.24, 2.45) is 4.99 Å². The van der Waals surface area contributed by atoms with E-state index in [9.17, 15) is 0 Å². The third-order valence-corrected chi connectivity index (χ3v) is 4.18. The van der Waals surface area contributed by atoms with Crippen LogP contribution in [-0.2, 0) is 18.5 Å². The second kappa shape index (κ2) is 9.46. The van der Waals surface area contributed by atoms with Gasteiger partial charge in [-0.25, -0.2) is 4.98 Å². The molecule has 0 unspecified atom stereocenters. The summed E-state index contributed by atoms with van der Waals surface area (Å²) in [6, 6.07) is 0. The summed E-state index contributed by atoms with van der Waals surface area (Å²) in [6.07, 6.45) is 0. The van der Waals surface area contributed by atoms with E-state index in [2.05, 4.69) is 50.0 Å². The summed E-state index contributed by atoms with van der Waals surface area (Å²) in [5, 5.41) is 13.6. The van der Waals surface area contributed by atoms with Crippen LogP contribution in [0.4, 0.5) is 0 Å². The smallest absolute Gasteiger partial charge is 0.232 e. The lowest BCUT2D eigenvalue weighted by Gasteiger charge is -2.10. The van der Waals surface area contributed by atoms with Gasteiger partial charge in [-0.2, -0.15) is 4.98 Å². The second-order valence-corrected chi connectivity index (χ2v) is 7.81. The van der Waals surface area contributed by atoms with Crippen LogP contribution in [-0.4, -0.2) is 28.1 Å². The molecule has 25 heavy (non-hydrogen) atoms. The van der Waals surface area contributed by atoms with Crippen molar-refractivity contribution in [3.05, 3.63) is 27.8 Å². The summed E-state index contributed by atoms with van der Waals surface area (Å²) in [7, 11) is 1.73. The lowest BCUT2D eigenvalue weighted by atomic mass is 9.97. The number of hydrogen-bond acceptors (Lipinski definition) is 6. The van der Waals surface area contributed by atoms with Crippen LogP contribution in [0.1, 0.15) is 63.0 Å². The van der Waals surface area contributed by atoms with E-state index in [1.807, 2.05) is 20.8 Å². The zero-order chi connectivity index (χ0) is 17.7. The van der Waals surface area contributed by atoms with Gasteiger partial charge in [0.2, 0.25) is 5.89 Å². The molecule has 0 aliphatic heterocycles. The van der Waals surface area contributed by atoms with Gasteiger partial charge in [0.25, 0.3) is 0 Å². The second-order valence-electron chi connectivity index (χ2n) is 6.87. The minimum Gasteiger partial charge on any atom is -0.350 e. The lowest BCUT2D eigenvalue weighted by Crippen LogP contribution is -2.36. The molecular weight excluding hydrogens is 451 g/mol. The average Bonchev–Trinajstić information content (AvgIpc) is 3.16. The van der Waals surface area contributed by atoms with Crippen LogP contribution in [0.5, 0.6) is 0 Å². The molecule has 7 nitrogen and oxygen atoms in total. The molecule has 2 N–H and O–H groups in total. The van der Waals surface area contributed by atoms with Crippen molar-refractivity contribution in [2.45, 2.75) is 59.0 Å². The van der Waals surface area contributed by atoms with Gasteiger partial charge in [0.15, 0.2) is 11.8 Å². The predicted octanol–water partition coefficient (Wildman–Crippen LogP) is 3.43. The zero-order valence-electron chi connectivity index (χ0n) is 15.6. The number of rotatable bonds is 5. The Labute approximate surface area is 170 Å². The molecule has 2 aromatic heterocycles. The van der Waals surface area contributed by atoms with Gasteiger partial charge in [-0.1, -0.05) is 39.8 Å². The van der Waals surface area contributed by atoms with E-state index in [0.717, 1.165) is 10.7 Å². The standard InChI is InChI=1S/C16H26N6OS.HI/c1-10(2)11-9-24-13(20-11)8-19-15(17-6)18-7-12-21-14(23-22-12)16(3,4)5;/h9-10H,7-8H2,1-6H3,(H2,17,18,19);1H. The Morgan fingerprint density at radius 3 is 2.44 bits per heavy atom. The Kier molecular flexibility index (Phi) is 8.26. The van der Waals surface area contributed by atoms with Gasteiger partial charge in [-0.05, 0) is 5.92 Å². The van der Waals surface area contributed by atoms with E-state index in [4.69, 9.17) is 4.52 Å². The maximum atomic E-state index is 5.28. The van der Waals surface area contributed by atoms with Crippen molar-refractivity contribution in [1.82, 2.24) is 25.8 Å². The van der Waals surface area contributed by atoms with Crippen LogP contribution in [0.25, 0.3) is 0 Å². The topological polar surface area (TPSA) is 88.2 Å². The quantitative estimate of drug-likeness (QED) is 0.389. The summed E-state index contributed by atoms with van der Waals surface area (Å²) in [5.74, 6) is 2.37. The van der Waals surface area contributed by atoms with E-state index in [1.54, 1.807) is 18.4 Å². The Morgan fingerprint density at radius 1 is 1.24 bits per heavy atom. The Morgan fingerprint density at radius 2 is 1.92 bits per heavy atom. The number of nitrogens with zero attached hydrogens (tertiary/aromatic N) is 4. The van der Waals surface area contributed by atoms with E-state index in [1.165, 1.54) is 0 Å². The predicted molar refractivity (Wildman–Crippen MR) is 112 cm³/mol. The number of aliphatic imine (C=N–C) groups is 1. The molecule has 2 aromatic rings. The number of aromatic nitrogens is 3. The minimum atomic E-state index is -0.149. The largest absolute Gasteiger partial charge is 0.350 e. The van der Waals surface area contributed by atoms with E-state index >= 15 is 0 Å². The summed E-state index contributed by atoms with van der Waals surface area (Å²) < 4.78 is 5.28. The van der Waals surface area contributed by atoms with Gasteiger partial charge in [-0.15, -0.1) is 35.3 Å². The van der Waals surface area contributed by atoms with Crippen molar-refractivity contribution >= 4 is 41.3 Å². The minimum absolute atomic E-state index is 0. The van der Waals surface area contributed by atoms with Crippen LogP contribution in [0, 0.1) is 0 Å². The molecule has 0 saturated carbocycles. The molecule has 0 atom stereocenters. The molecular formula is C16H27IN6OS. The number of hydrogen-bond donors (Lipinski definition) is 2. The Bertz CT molecular complexity index is 689. The molecule has 0 saturated heterocycles. The van der Waals surface area contributed by atoms with Gasteiger partial charge in [0.1, 0.15) is 5.01 Å². The van der Waals surface area contributed by atoms with Crippen LogP contribution < -0.4 is 10.6 Å². The molecule has 0 aliphatic rings. The Hall–Kier alpha value is -1.23. The fourth-order valence-electron chi connectivity index (χ4n) is 1.84.